The molecule has 0 bridgehead atoms. The monoisotopic (exact) mass is 385 g/mol. The normalized spacial score (nSPS) is 11.5. The molecule has 0 radical (unpaired) electrons. The first-order valence-electron chi connectivity index (χ1n) is 8.67. The Labute approximate surface area is 160 Å². The summed E-state index contributed by atoms with van der Waals surface area (Å²) in [6.45, 7) is 3.94. The summed E-state index contributed by atoms with van der Waals surface area (Å²) < 4.78 is 38.8. The van der Waals surface area contributed by atoms with E-state index in [2.05, 4.69) is 4.72 Å². The van der Waals surface area contributed by atoms with E-state index in [1.807, 2.05) is 42.5 Å². The summed E-state index contributed by atoms with van der Waals surface area (Å²) in [5, 5.41) is 2.22. The lowest BCUT2D eigenvalue weighted by molar-refractivity contribution is 0.323. The van der Waals surface area contributed by atoms with E-state index < -0.39 is 10.0 Å². The Morgan fingerprint density at radius 3 is 2.22 bits per heavy atom. The van der Waals surface area contributed by atoms with Gasteiger partial charge in [-0.05, 0) is 60.0 Å². The average Bonchev–Trinajstić information content (AvgIpc) is 2.64. The highest BCUT2D eigenvalue weighted by molar-refractivity contribution is 7.89. The van der Waals surface area contributed by atoms with Crippen molar-refractivity contribution < 1.29 is 17.9 Å². The van der Waals surface area contributed by atoms with Crippen LogP contribution in [0, 0.1) is 13.8 Å². The van der Waals surface area contributed by atoms with Gasteiger partial charge in [-0.2, -0.15) is 0 Å². The number of benzene rings is 3. The summed E-state index contributed by atoms with van der Waals surface area (Å²) in [6.07, 6.45) is 0. The van der Waals surface area contributed by atoms with E-state index in [9.17, 15) is 8.42 Å². The van der Waals surface area contributed by atoms with Crippen molar-refractivity contribution in [1.29, 1.82) is 0 Å². The van der Waals surface area contributed by atoms with Gasteiger partial charge in [0.15, 0.2) is 0 Å². The number of hydrogen-bond donors (Lipinski definition) is 1. The first-order chi connectivity index (χ1) is 12.9. The molecule has 6 heteroatoms. The second-order valence-corrected chi connectivity index (χ2v) is 8.05. The van der Waals surface area contributed by atoms with Crippen LogP contribution in [0.5, 0.6) is 11.5 Å². The molecule has 0 saturated carbocycles. The standard InChI is InChI=1S/C21H23NO4S/c1-15-12-20(25-3)13-16(2)21(15)27(23,24)22-10-11-26-19-9-8-17-6-4-5-7-18(17)14-19/h4-9,12-14,22H,10-11H2,1-3H3. The third-order valence-corrected chi connectivity index (χ3v) is 6.09. The lowest BCUT2D eigenvalue weighted by Gasteiger charge is -2.14. The van der Waals surface area contributed by atoms with Gasteiger partial charge in [-0.3, -0.25) is 0 Å². The fourth-order valence-electron chi connectivity index (χ4n) is 3.13. The first kappa shape index (κ1) is 19.2. The number of hydrogen-bond acceptors (Lipinski definition) is 4. The van der Waals surface area contributed by atoms with Crippen LogP contribution in [-0.4, -0.2) is 28.7 Å². The van der Waals surface area contributed by atoms with Gasteiger partial charge in [0.2, 0.25) is 10.0 Å². The predicted octanol–water partition coefficient (Wildman–Crippen LogP) is 3.82. The zero-order chi connectivity index (χ0) is 19.4. The molecule has 5 nitrogen and oxygen atoms in total. The third kappa shape index (κ3) is 4.40. The molecular formula is C21H23NO4S. The fraction of sp³-hybridized carbons (Fsp3) is 0.238. The summed E-state index contributed by atoms with van der Waals surface area (Å²) in [4.78, 5) is 0.286. The number of fused-ring (bicyclic) bond motifs is 1. The van der Waals surface area contributed by atoms with Crippen LogP contribution < -0.4 is 14.2 Å². The largest absolute Gasteiger partial charge is 0.497 e. The Kier molecular flexibility index (Phi) is 5.68. The van der Waals surface area contributed by atoms with Gasteiger partial charge in [-0.25, -0.2) is 13.1 Å². The molecule has 3 aromatic carbocycles. The third-order valence-electron chi connectivity index (χ3n) is 4.32. The molecule has 0 fully saturated rings. The van der Waals surface area contributed by atoms with E-state index in [0.717, 1.165) is 10.8 Å². The smallest absolute Gasteiger partial charge is 0.241 e. The van der Waals surface area contributed by atoms with Gasteiger partial charge in [0, 0.05) is 6.54 Å². The fourth-order valence-corrected chi connectivity index (χ4v) is 4.59. The molecule has 3 aromatic rings. The molecule has 0 aliphatic rings. The van der Waals surface area contributed by atoms with Gasteiger partial charge in [-0.1, -0.05) is 30.3 Å². The molecule has 0 aliphatic heterocycles. The highest BCUT2D eigenvalue weighted by Crippen LogP contribution is 2.25. The zero-order valence-electron chi connectivity index (χ0n) is 15.7. The van der Waals surface area contributed by atoms with Gasteiger partial charge < -0.3 is 9.47 Å². The summed E-state index contributed by atoms with van der Waals surface area (Å²) >= 11 is 0. The number of aryl methyl sites for hydroxylation is 2. The molecule has 0 saturated heterocycles. The van der Waals surface area contributed by atoms with Crippen LogP contribution >= 0.6 is 0 Å². The van der Waals surface area contributed by atoms with Crippen molar-refractivity contribution in [3.05, 3.63) is 65.7 Å². The molecule has 0 heterocycles. The van der Waals surface area contributed by atoms with Crippen molar-refractivity contribution in [2.24, 2.45) is 0 Å². The van der Waals surface area contributed by atoms with Crippen LogP contribution in [0.2, 0.25) is 0 Å². The van der Waals surface area contributed by atoms with Crippen LogP contribution in [0.25, 0.3) is 10.8 Å². The molecule has 0 spiro atoms. The molecule has 0 aromatic heterocycles. The van der Waals surface area contributed by atoms with Crippen molar-refractivity contribution in [1.82, 2.24) is 4.72 Å². The molecule has 142 valence electrons. The lowest BCUT2D eigenvalue weighted by Crippen LogP contribution is -2.29. The number of rotatable bonds is 7. The number of nitrogens with one attached hydrogen (secondary N) is 1. The van der Waals surface area contributed by atoms with Crippen molar-refractivity contribution in [3.8, 4) is 11.5 Å². The van der Waals surface area contributed by atoms with Gasteiger partial charge in [-0.15, -0.1) is 0 Å². The second-order valence-electron chi connectivity index (χ2n) is 6.35. The average molecular weight is 385 g/mol. The number of methoxy groups -OCH3 is 1. The highest BCUT2D eigenvalue weighted by atomic mass is 32.2. The Morgan fingerprint density at radius 1 is 0.889 bits per heavy atom. The summed E-state index contributed by atoms with van der Waals surface area (Å²) in [6, 6.07) is 17.3. The van der Waals surface area contributed by atoms with Crippen molar-refractivity contribution >= 4 is 20.8 Å². The Bertz CT molecular complexity index is 1040. The van der Waals surface area contributed by atoms with Crippen LogP contribution in [0.4, 0.5) is 0 Å². The van der Waals surface area contributed by atoms with E-state index >= 15 is 0 Å². The first-order valence-corrected chi connectivity index (χ1v) is 10.2. The maximum atomic E-state index is 12.7. The second kappa shape index (κ2) is 7.98. The van der Waals surface area contributed by atoms with Gasteiger partial charge >= 0.3 is 0 Å². The minimum Gasteiger partial charge on any atom is -0.497 e. The summed E-state index contributed by atoms with van der Waals surface area (Å²) in [5.41, 5.74) is 1.30. The van der Waals surface area contributed by atoms with Gasteiger partial charge in [0.25, 0.3) is 0 Å². The van der Waals surface area contributed by atoms with E-state index in [4.69, 9.17) is 9.47 Å². The van der Waals surface area contributed by atoms with Crippen LogP contribution in [-0.2, 0) is 10.0 Å². The van der Waals surface area contributed by atoms with Crippen LogP contribution in [0.15, 0.2) is 59.5 Å². The minimum atomic E-state index is -3.62. The molecule has 1 N–H and O–H groups in total. The van der Waals surface area contributed by atoms with Gasteiger partial charge in [0.1, 0.15) is 18.1 Å². The zero-order valence-corrected chi connectivity index (χ0v) is 16.5. The Hall–Kier alpha value is -2.57. The molecule has 0 amide bonds. The summed E-state index contributed by atoms with van der Waals surface area (Å²) in [7, 11) is -2.06. The molecule has 3 rings (SSSR count). The molecule has 27 heavy (non-hydrogen) atoms. The lowest BCUT2D eigenvalue weighted by atomic mass is 10.1. The van der Waals surface area contributed by atoms with E-state index in [1.54, 1.807) is 33.1 Å². The quantitative estimate of drug-likeness (QED) is 0.628. The van der Waals surface area contributed by atoms with E-state index in [-0.39, 0.29) is 18.0 Å². The van der Waals surface area contributed by atoms with E-state index in [0.29, 0.717) is 22.6 Å². The van der Waals surface area contributed by atoms with E-state index in [1.165, 1.54) is 0 Å². The molecule has 0 atom stereocenters. The Morgan fingerprint density at radius 2 is 1.56 bits per heavy atom. The van der Waals surface area contributed by atoms with Crippen LogP contribution in [0.3, 0.4) is 0 Å². The SMILES string of the molecule is COc1cc(C)c(S(=O)(=O)NCCOc2ccc3ccccc3c2)c(C)c1. The minimum absolute atomic E-state index is 0.181. The predicted molar refractivity (Wildman–Crippen MR) is 107 cm³/mol. The maximum Gasteiger partial charge on any atom is 0.241 e. The highest BCUT2D eigenvalue weighted by Gasteiger charge is 2.20. The Balaban J connectivity index is 1.64. The molecule has 0 unspecified atom stereocenters. The molecule has 0 aliphatic carbocycles. The van der Waals surface area contributed by atoms with Gasteiger partial charge in [0.05, 0.1) is 12.0 Å². The number of sulfonamides is 1. The van der Waals surface area contributed by atoms with Crippen molar-refractivity contribution in [2.75, 3.05) is 20.3 Å². The van der Waals surface area contributed by atoms with Crippen molar-refractivity contribution in [3.63, 3.8) is 0 Å². The molecular weight excluding hydrogens is 362 g/mol. The van der Waals surface area contributed by atoms with Crippen molar-refractivity contribution in [2.45, 2.75) is 18.7 Å². The topological polar surface area (TPSA) is 64.6 Å². The number of ether oxygens (including phenoxy) is 2. The summed E-state index contributed by atoms with van der Waals surface area (Å²) in [5.74, 6) is 1.35. The maximum absolute atomic E-state index is 12.7. The van der Waals surface area contributed by atoms with Crippen LogP contribution in [0.1, 0.15) is 11.1 Å².